The maximum Gasteiger partial charge on any atom is 0.312 e. The number of amides is 1. The van der Waals surface area contributed by atoms with E-state index in [1.165, 1.54) is 0 Å². The van der Waals surface area contributed by atoms with Gasteiger partial charge < -0.3 is 14.3 Å². The van der Waals surface area contributed by atoms with Crippen LogP contribution in [0.5, 0.6) is 0 Å². The molecule has 0 spiro atoms. The number of H-pyrrole nitrogens is 1. The Morgan fingerprint density at radius 1 is 1.18 bits per heavy atom. The number of imidazole rings is 1. The molecule has 0 saturated carbocycles. The summed E-state index contributed by atoms with van der Waals surface area (Å²) in [5.74, 6) is -0.163. The SMILES string of the molecule is Cc1nn(C)cc1-c1nnc(C(=O)N2CCc3[nH]cnc3[C@H]2c2cc3ccccc3cn2)o1. The van der Waals surface area contributed by atoms with Gasteiger partial charge in [-0.3, -0.25) is 14.5 Å². The minimum atomic E-state index is -0.465. The second-order valence-electron chi connectivity index (χ2n) is 8.09. The number of fused-ring (bicyclic) bond motifs is 2. The van der Waals surface area contributed by atoms with Crippen LogP contribution in [0, 0.1) is 6.92 Å². The summed E-state index contributed by atoms with van der Waals surface area (Å²) in [7, 11) is 1.81. The van der Waals surface area contributed by atoms with E-state index in [1.807, 2.05) is 50.5 Å². The molecule has 0 saturated heterocycles. The number of aromatic nitrogens is 7. The van der Waals surface area contributed by atoms with E-state index < -0.39 is 6.04 Å². The maximum atomic E-state index is 13.6. The fraction of sp³-hybridized carbons (Fsp3) is 0.217. The third-order valence-corrected chi connectivity index (χ3v) is 5.97. The molecule has 10 heteroatoms. The van der Waals surface area contributed by atoms with Gasteiger partial charge in [0, 0.05) is 43.5 Å². The van der Waals surface area contributed by atoms with Crippen molar-refractivity contribution >= 4 is 16.7 Å². The molecule has 1 aliphatic heterocycles. The van der Waals surface area contributed by atoms with Gasteiger partial charge in [-0.25, -0.2) is 4.98 Å². The monoisotopic (exact) mass is 440 g/mol. The number of aryl methyl sites for hydroxylation is 2. The van der Waals surface area contributed by atoms with E-state index in [9.17, 15) is 4.79 Å². The first-order chi connectivity index (χ1) is 16.1. The Hall–Kier alpha value is -4.34. The highest BCUT2D eigenvalue weighted by Gasteiger charge is 2.37. The van der Waals surface area contributed by atoms with Gasteiger partial charge in [0.2, 0.25) is 0 Å². The van der Waals surface area contributed by atoms with Gasteiger partial charge in [-0.1, -0.05) is 24.3 Å². The smallest absolute Gasteiger partial charge is 0.312 e. The lowest BCUT2D eigenvalue weighted by atomic mass is 9.98. The molecule has 5 heterocycles. The molecular formula is C23H20N8O2. The second kappa shape index (κ2) is 7.37. The molecule has 1 N–H and O–H groups in total. The van der Waals surface area contributed by atoms with Crippen LogP contribution in [0.2, 0.25) is 0 Å². The van der Waals surface area contributed by atoms with Crippen molar-refractivity contribution in [2.45, 2.75) is 19.4 Å². The zero-order valence-electron chi connectivity index (χ0n) is 18.1. The van der Waals surface area contributed by atoms with E-state index in [1.54, 1.807) is 22.1 Å². The summed E-state index contributed by atoms with van der Waals surface area (Å²) in [6.45, 7) is 2.32. The average molecular weight is 440 g/mol. The Balaban J connectivity index is 1.40. The zero-order valence-corrected chi connectivity index (χ0v) is 18.1. The lowest BCUT2D eigenvalue weighted by molar-refractivity contribution is 0.0647. The molecule has 5 aromatic rings. The molecule has 0 unspecified atom stereocenters. The fourth-order valence-electron chi connectivity index (χ4n) is 4.40. The van der Waals surface area contributed by atoms with Crippen molar-refractivity contribution < 1.29 is 9.21 Å². The van der Waals surface area contributed by atoms with Gasteiger partial charge in [0.15, 0.2) is 0 Å². The molecule has 1 amide bonds. The summed E-state index contributed by atoms with van der Waals surface area (Å²) in [5, 5.41) is 14.5. The molecule has 6 rings (SSSR count). The first-order valence-electron chi connectivity index (χ1n) is 10.6. The zero-order chi connectivity index (χ0) is 22.5. The Morgan fingerprint density at radius 2 is 2.03 bits per heavy atom. The van der Waals surface area contributed by atoms with E-state index in [2.05, 4.69) is 30.2 Å². The summed E-state index contributed by atoms with van der Waals surface area (Å²) in [6, 6.07) is 9.53. The van der Waals surface area contributed by atoms with Gasteiger partial charge in [0.1, 0.15) is 6.04 Å². The minimum Gasteiger partial charge on any atom is -0.412 e. The number of nitrogens with zero attached hydrogens (tertiary/aromatic N) is 7. The van der Waals surface area contributed by atoms with Crippen molar-refractivity contribution in [3.63, 3.8) is 0 Å². The van der Waals surface area contributed by atoms with Crippen molar-refractivity contribution in [1.29, 1.82) is 0 Å². The van der Waals surface area contributed by atoms with Crippen LogP contribution in [-0.4, -0.2) is 52.3 Å². The van der Waals surface area contributed by atoms with Crippen molar-refractivity contribution in [3.8, 4) is 11.5 Å². The highest BCUT2D eigenvalue weighted by Crippen LogP contribution is 2.34. The number of benzene rings is 1. The number of rotatable bonds is 3. The van der Waals surface area contributed by atoms with Crippen LogP contribution < -0.4 is 0 Å². The molecular weight excluding hydrogens is 420 g/mol. The lowest BCUT2D eigenvalue weighted by Gasteiger charge is -2.33. The molecule has 1 aliphatic rings. The van der Waals surface area contributed by atoms with Crippen LogP contribution in [0.15, 0.2) is 53.5 Å². The van der Waals surface area contributed by atoms with Crippen LogP contribution in [0.25, 0.3) is 22.2 Å². The number of aromatic amines is 1. The second-order valence-corrected chi connectivity index (χ2v) is 8.09. The average Bonchev–Trinajstić information content (AvgIpc) is 3.57. The first-order valence-corrected chi connectivity index (χ1v) is 10.6. The van der Waals surface area contributed by atoms with E-state index in [4.69, 9.17) is 4.42 Å². The van der Waals surface area contributed by atoms with Crippen molar-refractivity contribution in [2.24, 2.45) is 7.05 Å². The Bertz CT molecular complexity index is 1500. The largest absolute Gasteiger partial charge is 0.412 e. The first kappa shape index (κ1) is 19.4. The van der Waals surface area contributed by atoms with Gasteiger partial charge in [-0.05, 0) is 18.4 Å². The van der Waals surface area contributed by atoms with Crippen LogP contribution in [-0.2, 0) is 13.5 Å². The number of carbonyl (C=O) groups excluding carboxylic acids is 1. The van der Waals surface area contributed by atoms with Crippen LogP contribution in [0.1, 0.15) is 39.5 Å². The lowest BCUT2D eigenvalue weighted by Crippen LogP contribution is -2.41. The van der Waals surface area contributed by atoms with E-state index in [-0.39, 0.29) is 17.7 Å². The molecule has 0 bridgehead atoms. The third kappa shape index (κ3) is 3.18. The molecule has 4 aromatic heterocycles. The van der Waals surface area contributed by atoms with Crippen molar-refractivity contribution in [2.75, 3.05) is 6.54 Å². The maximum absolute atomic E-state index is 13.6. The van der Waals surface area contributed by atoms with E-state index in [0.717, 1.165) is 33.5 Å². The molecule has 0 radical (unpaired) electrons. The van der Waals surface area contributed by atoms with Gasteiger partial charge in [0.25, 0.3) is 5.89 Å². The van der Waals surface area contributed by atoms with Gasteiger partial charge >= 0.3 is 11.8 Å². The Kier molecular flexibility index (Phi) is 4.32. The van der Waals surface area contributed by atoms with Crippen molar-refractivity contribution in [1.82, 2.24) is 39.8 Å². The number of hydrogen-bond donors (Lipinski definition) is 1. The predicted octanol–water partition coefficient (Wildman–Crippen LogP) is 2.84. The minimum absolute atomic E-state index is 0.0713. The highest BCUT2D eigenvalue weighted by atomic mass is 16.4. The molecule has 1 atom stereocenters. The van der Waals surface area contributed by atoms with E-state index >= 15 is 0 Å². The number of hydrogen-bond acceptors (Lipinski definition) is 7. The Morgan fingerprint density at radius 3 is 2.85 bits per heavy atom. The molecule has 10 nitrogen and oxygen atoms in total. The molecule has 0 fully saturated rings. The third-order valence-electron chi connectivity index (χ3n) is 5.97. The molecule has 1 aromatic carbocycles. The highest BCUT2D eigenvalue weighted by molar-refractivity contribution is 5.91. The summed E-state index contributed by atoms with van der Waals surface area (Å²) in [6.07, 6.45) is 5.91. The van der Waals surface area contributed by atoms with Gasteiger partial charge in [0.05, 0.1) is 29.0 Å². The summed E-state index contributed by atoms with van der Waals surface area (Å²) in [5.41, 5.74) is 3.96. The fourth-order valence-corrected chi connectivity index (χ4v) is 4.40. The van der Waals surface area contributed by atoms with Crippen molar-refractivity contribution in [3.05, 3.63) is 77.7 Å². The number of carbonyl (C=O) groups is 1. The standard InChI is InChI=1S/C23H20N8O2/c1-13-16(11-30(2)29-13)21-27-28-22(33-21)23(32)31-8-7-17-19(26-12-25-17)20(31)18-9-14-5-3-4-6-15(14)10-24-18/h3-6,9-12,20H,7-8H2,1-2H3,(H,25,26)/t20-/m1/s1. The van der Waals surface area contributed by atoms with Crippen LogP contribution in [0.4, 0.5) is 0 Å². The van der Waals surface area contributed by atoms with Crippen LogP contribution >= 0.6 is 0 Å². The normalized spacial score (nSPS) is 15.7. The molecule has 0 aliphatic carbocycles. The quantitative estimate of drug-likeness (QED) is 0.458. The van der Waals surface area contributed by atoms with Crippen LogP contribution in [0.3, 0.4) is 0 Å². The Labute approximate surface area is 188 Å². The number of pyridine rings is 1. The summed E-state index contributed by atoms with van der Waals surface area (Å²) < 4.78 is 7.46. The van der Waals surface area contributed by atoms with Gasteiger partial charge in [-0.15, -0.1) is 10.2 Å². The summed E-state index contributed by atoms with van der Waals surface area (Å²) in [4.78, 5) is 27.6. The topological polar surface area (TPSA) is 119 Å². The van der Waals surface area contributed by atoms with E-state index in [0.29, 0.717) is 18.5 Å². The predicted molar refractivity (Wildman–Crippen MR) is 118 cm³/mol. The molecule has 164 valence electrons. The number of nitrogens with one attached hydrogen (secondary N) is 1. The molecule has 33 heavy (non-hydrogen) atoms. The summed E-state index contributed by atoms with van der Waals surface area (Å²) >= 11 is 0. The van der Waals surface area contributed by atoms with Gasteiger partial charge in [-0.2, -0.15) is 5.10 Å².